The van der Waals surface area contributed by atoms with Crippen LogP contribution in [0.5, 0.6) is 11.5 Å². The fourth-order valence-electron chi connectivity index (χ4n) is 3.10. The van der Waals surface area contributed by atoms with Crippen LogP contribution in [0.3, 0.4) is 0 Å². The molecule has 144 valence electrons. The summed E-state index contributed by atoms with van der Waals surface area (Å²) in [7, 11) is 0. The van der Waals surface area contributed by atoms with Gasteiger partial charge in [-0.2, -0.15) is 0 Å². The molecule has 0 radical (unpaired) electrons. The van der Waals surface area contributed by atoms with Crippen molar-refractivity contribution in [1.29, 1.82) is 0 Å². The monoisotopic (exact) mass is 376 g/mol. The first-order chi connectivity index (χ1) is 13.8. The zero-order valence-corrected chi connectivity index (χ0v) is 16.2. The number of H-pyrrole nitrogens is 1. The lowest BCUT2D eigenvalue weighted by Crippen LogP contribution is -2.01. The maximum absolute atomic E-state index is 5.94. The molecule has 0 aliphatic heterocycles. The minimum Gasteiger partial charge on any atom is -0.490 e. The smallest absolute Gasteiger partial charge is 0.163 e. The number of anilines is 2. The maximum Gasteiger partial charge on any atom is 0.163 e. The lowest BCUT2D eigenvalue weighted by molar-refractivity contribution is 0.269. The Morgan fingerprint density at radius 1 is 0.929 bits per heavy atom. The van der Waals surface area contributed by atoms with Gasteiger partial charge in [-0.05, 0) is 31.0 Å². The van der Waals surface area contributed by atoms with E-state index in [2.05, 4.69) is 34.1 Å². The summed E-state index contributed by atoms with van der Waals surface area (Å²) in [5.74, 6) is 2.24. The van der Waals surface area contributed by atoms with E-state index in [1.54, 1.807) is 6.33 Å². The third-order valence-corrected chi connectivity index (χ3v) is 4.41. The second-order valence-corrected chi connectivity index (χ2v) is 6.60. The normalized spacial score (nSPS) is 11.1. The third-order valence-electron chi connectivity index (χ3n) is 4.41. The number of hydrogen-bond acceptors (Lipinski definition) is 5. The number of rotatable bonds is 8. The summed E-state index contributed by atoms with van der Waals surface area (Å²) in [5, 5.41) is 4.35. The highest BCUT2D eigenvalue weighted by molar-refractivity contribution is 6.09. The molecular weight excluding hydrogens is 352 g/mol. The van der Waals surface area contributed by atoms with Crippen LogP contribution in [-0.4, -0.2) is 28.2 Å². The largest absolute Gasteiger partial charge is 0.490 e. The van der Waals surface area contributed by atoms with Crippen LogP contribution in [0, 0.1) is 0 Å². The number of aromatic nitrogens is 3. The first kappa shape index (κ1) is 18.1. The number of nitrogens with one attached hydrogen (secondary N) is 2. The van der Waals surface area contributed by atoms with Gasteiger partial charge in [0.2, 0.25) is 0 Å². The molecule has 0 amide bonds. The molecule has 0 unspecified atom stereocenters. The van der Waals surface area contributed by atoms with E-state index in [0.717, 1.165) is 57.8 Å². The van der Waals surface area contributed by atoms with Gasteiger partial charge in [-0.1, -0.05) is 32.0 Å². The fourth-order valence-corrected chi connectivity index (χ4v) is 3.10. The minimum atomic E-state index is 0.645. The van der Waals surface area contributed by atoms with Crippen LogP contribution in [-0.2, 0) is 0 Å². The quantitative estimate of drug-likeness (QED) is 0.429. The second kappa shape index (κ2) is 8.17. The number of nitrogens with zero attached hydrogens (tertiary/aromatic N) is 2. The van der Waals surface area contributed by atoms with Crippen molar-refractivity contribution in [2.45, 2.75) is 26.7 Å². The van der Waals surface area contributed by atoms with Crippen LogP contribution in [0.2, 0.25) is 0 Å². The molecule has 0 saturated carbocycles. The van der Waals surface area contributed by atoms with Crippen molar-refractivity contribution in [3.63, 3.8) is 0 Å². The lowest BCUT2D eigenvalue weighted by Gasteiger charge is -2.12. The van der Waals surface area contributed by atoms with Crippen LogP contribution in [0.4, 0.5) is 11.5 Å². The van der Waals surface area contributed by atoms with Crippen molar-refractivity contribution in [3.8, 4) is 11.5 Å². The molecule has 0 aliphatic carbocycles. The van der Waals surface area contributed by atoms with E-state index in [4.69, 9.17) is 9.47 Å². The van der Waals surface area contributed by atoms with Gasteiger partial charge in [-0.15, -0.1) is 0 Å². The van der Waals surface area contributed by atoms with Crippen molar-refractivity contribution in [1.82, 2.24) is 15.0 Å². The Bertz CT molecular complexity index is 1080. The third kappa shape index (κ3) is 3.58. The molecule has 2 N–H and O–H groups in total. The number of benzene rings is 2. The van der Waals surface area contributed by atoms with Crippen LogP contribution in [0.15, 0.2) is 48.8 Å². The molecule has 2 heterocycles. The number of para-hydroxylation sites is 1. The Labute approximate surface area is 163 Å². The Kier molecular flexibility index (Phi) is 5.28. The molecule has 0 atom stereocenters. The first-order valence-electron chi connectivity index (χ1n) is 9.68. The molecule has 28 heavy (non-hydrogen) atoms. The van der Waals surface area contributed by atoms with Gasteiger partial charge < -0.3 is 19.8 Å². The van der Waals surface area contributed by atoms with Crippen molar-refractivity contribution >= 4 is 33.4 Å². The van der Waals surface area contributed by atoms with Gasteiger partial charge in [0.25, 0.3) is 0 Å². The number of aromatic amines is 1. The van der Waals surface area contributed by atoms with Crippen molar-refractivity contribution < 1.29 is 9.47 Å². The number of fused-ring (bicyclic) bond motifs is 3. The first-order valence-corrected chi connectivity index (χ1v) is 9.68. The van der Waals surface area contributed by atoms with Gasteiger partial charge in [-0.25, -0.2) is 9.97 Å². The average Bonchev–Trinajstić information content (AvgIpc) is 3.09. The molecular formula is C22H24N4O2. The van der Waals surface area contributed by atoms with Crippen molar-refractivity contribution in [3.05, 3.63) is 48.8 Å². The van der Waals surface area contributed by atoms with Gasteiger partial charge in [0.15, 0.2) is 17.3 Å². The predicted octanol–water partition coefficient (Wildman–Crippen LogP) is 5.43. The zero-order valence-electron chi connectivity index (χ0n) is 16.2. The van der Waals surface area contributed by atoms with Crippen LogP contribution < -0.4 is 14.8 Å². The summed E-state index contributed by atoms with van der Waals surface area (Å²) in [6.07, 6.45) is 3.45. The van der Waals surface area contributed by atoms with Gasteiger partial charge in [-0.3, -0.25) is 0 Å². The second-order valence-electron chi connectivity index (χ2n) is 6.60. The van der Waals surface area contributed by atoms with E-state index < -0.39 is 0 Å². The van der Waals surface area contributed by atoms with E-state index in [0.29, 0.717) is 13.2 Å². The highest BCUT2D eigenvalue weighted by Crippen LogP contribution is 2.37. The van der Waals surface area contributed by atoms with E-state index in [-0.39, 0.29) is 0 Å². The van der Waals surface area contributed by atoms with Crippen LogP contribution in [0.25, 0.3) is 21.9 Å². The molecule has 6 nitrogen and oxygen atoms in total. The standard InChI is InChI=1S/C22H24N4O2/c1-3-10-27-18-12-16-17(13-19(18)28-11-4-2)26-21-20(16)23-14-24-22(21)25-15-8-6-5-7-9-15/h5-9,12-14,26H,3-4,10-11H2,1-2H3,(H,23,24,25). The van der Waals surface area contributed by atoms with E-state index in [9.17, 15) is 0 Å². The van der Waals surface area contributed by atoms with Crippen LogP contribution in [0.1, 0.15) is 26.7 Å². The zero-order chi connectivity index (χ0) is 19.3. The topological polar surface area (TPSA) is 72.1 Å². The van der Waals surface area contributed by atoms with Gasteiger partial charge >= 0.3 is 0 Å². The van der Waals surface area contributed by atoms with Crippen molar-refractivity contribution in [2.75, 3.05) is 18.5 Å². The van der Waals surface area contributed by atoms with Gasteiger partial charge in [0.1, 0.15) is 17.4 Å². The molecule has 0 aliphatic rings. The molecule has 4 rings (SSSR count). The molecule has 0 spiro atoms. The summed E-state index contributed by atoms with van der Waals surface area (Å²) in [4.78, 5) is 12.4. The number of ether oxygens (including phenoxy) is 2. The predicted molar refractivity (Wildman–Crippen MR) is 113 cm³/mol. The van der Waals surface area contributed by atoms with E-state index in [1.165, 1.54) is 0 Å². The van der Waals surface area contributed by atoms with Gasteiger partial charge in [0.05, 0.1) is 18.7 Å². The Balaban J connectivity index is 1.81. The Morgan fingerprint density at radius 2 is 1.64 bits per heavy atom. The molecule has 0 bridgehead atoms. The summed E-state index contributed by atoms with van der Waals surface area (Å²) in [6, 6.07) is 14.0. The van der Waals surface area contributed by atoms with E-state index in [1.807, 2.05) is 42.5 Å². The Hall–Kier alpha value is -3.28. The average molecular weight is 376 g/mol. The molecule has 4 aromatic rings. The lowest BCUT2D eigenvalue weighted by atomic mass is 10.2. The molecule has 0 saturated heterocycles. The molecule has 2 aromatic carbocycles. The van der Waals surface area contributed by atoms with Gasteiger partial charge in [0, 0.05) is 17.1 Å². The van der Waals surface area contributed by atoms with E-state index >= 15 is 0 Å². The summed E-state index contributed by atoms with van der Waals surface area (Å²) in [6.45, 7) is 5.47. The number of hydrogen-bond donors (Lipinski definition) is 2. The molecule has 2 aromatic heterocycles. The van der Waals surface area contributed by atoms with Crippen molar-refractivity contribution in [2.24, 2.45) is 0 Å². The minimum absolute atomic E-state index is 0.645. The fraction of sp³-hybridized carbons (Fsp3) is 0.273. The highest BCUT2D eigenvalue weighted by atomic mass is 16.5. The molecule has 0 fully saturated rings. The SMILES string of the molecule is CCCOc1cc2[nH]c3c(Nc4ccccc4)ncnc3c2cc1OCCC. The summed E-state index contributed by atoms with van der Waals surface area (Å²) in [5.41, 5.74) is 3.63. The highest BCUT2D eigenvalue weighted by Gasteiger charge is 2.15. The summed E-state index contributed by atoms with van der Waals surface area (Å²) < 4.78 is 11.9. The Morgan fingerprint density at radius 3 is 2.36 bits per heavy atom. The summed E-state index contributed by atoms with van der Waals surface area (Å²) >= 11 is 0. The maximum atomic E-state index is 5.94. The van der Waals surface area contributed by atoms with Crippen LogP contribution >= 0.6 is 0 Å². The molecule has 6 heteroatoms.